The van der Waals surface area contributed by atoms with E-state index in [4.69, 9.17) is 9.98 Å². The molecule has 0 spiro atoms. The van der Waals surface area contributed by atoms with Gasteiger partial charge in [-0.25, -0.2) is 14.4 Å². The molecule has 3 aliphatic rings. The molecule has 0 bridgehead atoms. The van der Waals surface area contributed by atoms with E-state index in [0.717, 1.165) is 42.0 Å². The van der Waals surface area contributed by atoms with E-state index >= 15 is 0 Å². The average molecular weight is 550 g/mol. The number of aromatic nitrogens is 4. The van der Waals surface area contributed by atoms with Gasteiger partial charge in [-0.3, -0.25) is 9.97 Å². The number of piperidine rings is 1. The van der Waals surface area contributed by atoms with Gasteiger partial charge in [0.25, 0.3) is 0 Å². The minimum absolute atomic E-state index is 0.0798. The Bertz CT molecular complexity index is 1700. The summed E-state index contributed by atoms with van der Waals surface area (Å²) in [6.45, 7) is 8.88. The molecule has 6 heterocycles. The van der Waals surface area contributed by atoms with E-state index in [0.29, 0.717) is 23.3 Å². The van der Waals surface area contributed by atoms with Crippen LogP contribution in [0.2, 0.25) is 0 Å². The van der Waals surface area contributed by atoms with Crippen molar-refractivity contribution in [3.05, 3.63) is 83.2 Å². The molecule has 1 saturated carbocycles. The first-order valence-electron chi connectivity index (χ1n) is 14.6. The highest BCUT2D eigenvalue weighted by Crippen LogP contribution is 2.45. The zero-order chi connectivity index (χ0) is 28.3. The second-order valence-electron chi connectivity index (χ2n) is 12.5. The van der Waals surface area contributed by atoms with Crippen molar-refractivity contribution in [1.82, 2.24) is 30.2 Å². The molecule has 2 N–H and O–H groups in total. The Morgan fingerprint density at radius 3 is 2.66 bits per heavy atom. The SMILES string of the molecule is CC1C=C(c2ccnc3[nH]c(-c4ncccc4F)cc23)N=C(N(C)C2CCNCC2(C)C)c2c1cncc2C1CC1. The fourth-order valence-electron chi connectivity index (χ4n) is 6.73. The third-order valence-corrected chi connectivity index (χ3v) is 9.07. The maximum atomic E-state index is 14.7. The number of pyridine rings is 3. The Morgan fingerprint density at radius 2 is 1.88 bits per heavy atom. The Balaban J connectivity index is 1.41. The predicted molar refractivity (Wildman–Crippen MR) is 161 cm³/mol. The van der Waals surface area contributed by atoms with E-state index in [1.54, 1.807) is 18.5 Å². The molecule has 7 nitrogen and oxygen atoms in total. The monoisotopic (exact) mass is 549 g/mol. The van der Waals surface area contributed by atoms with Crippen molar-refractivity contribution < 1.29 is 4.39 Å². The standard InChI is InChI=1S/C33H36FN7/c1-19-14-26(21-9-13-38-31-22(21)15-27(39-31)30-25(34)6-5-11-37-30)40-32(41(4)28-10-12-35-18-33(28,2)3)29-23(19)16-36-17-24(29)20-7-8-20/h5-6,9,11,13-17,19-20,28,35H,7-8,10,12,18H2,1-4H3,(H,38,39). The van der Waals surface area contributed by atoms with Crippen LogP contribution >= 0.6 is 0 Å². The first-order chi connectivity index (χ1) is 19.8. The normalized spacial score (nSPS) is 22.1. The van der Waals surface area contributed by atoms with Crippen LogP contribution < -0.4 is 5.32 Å². The fraction of sp³-hybridized carbons (Fsp3) is 0.394. The van der Waals surface area contributed by atoms with Crippen molar-refractivity contribution in [2.24, 2.45) is 10.4 Å². The van der Waals surface area contributed by atoms with Crippen LogP contribution in [-0.4, -0.2) is 56.9 Å². The highest BCUT2D eigenvalue weighted by Gasteiger charge is 2.39. The molecule has 1 aliphatic carbocycles. The summed E-state index contributed by atoms with van der Waals surface area (Å²) >= 11 is 0. The lowest BCUT2D eigenvalue weighted by molar-refractivity contribution is 0.128. The zero-order valence-corrected chi connectivity index (χ0v) is 24.1. The first kappa shape index (κ1) is 26.0. The van der Waals surface area contributed by atoms with Gasteiger partial charge in [-0.1, -0.05) is 26.8 Å². The topological polar surface area (TPSA) is 82.1 Å². The molecule has 4 aromatic heterocycles. The van der Waals surface area contributed by atoms with Crippen LogP contribution in [0.4, 0.5) is 4.39 Å². The molecular weight excluding hydrogens is 513 g/mol. The Labute approximate surface area is 240 Å². The molecule has 7 rings (SSSR count). The first-order valence-corrected chi connectivity index (χ1v) is 14.6. The Hall–Kier alpha value is -3.91. The molecule has 4 aromatic rings. The molecule has 1 saturated heterocycles. The highest BCUT2D eigenvalue weighted by atomic mass is 19.1. The third kappa shape index (κ3) is 4.54. The molecule has 2 fully saturated rings. The molecule has 41 heavy (non-hydrogen) atoms. The summed E-state index contributed by atoms with van der Waals surface area (Å²) in [6, 6.07) is 7.31. The molecule has 2 aliphatic heterocycles. The van der Waals surface area contributed by atoms with Gasteiger partial charge in [-0.05, 0) is 72.5 Å². The number of nitrogens with one attached hydrogen (secondary N) is 2. The molecule has 0 aromatic carbocycles. The molecule has 210 valence electrons. The lowest BCUT2D eigenvalue weighted by Crippen LogP contribution is -2.55. The number of rotatable bonds is 4. The van der Waals surface area contributed by atoms with Crippen LogP contribution in [0.5, 0.6) is 0 Å². The van der Waals surface area contributed by atoms with Crippen molar-refractivity contribution in [2.45, 2.75) is 57.9 Å². The predicted octanol–water partition coefficient (Wildman–Crippen LogP) is 6.26. The van der Waals surface area contributed by atoms with Gasteiger partial charge < -0.3 is 15.2 Å². The molecule has 0 amide bonds. The minimum Gasteiger partial charge on any atom is -0.356 e. The summed E-state index contributed by atoms with van der Waals surface area (Å²) in [5.74, 6) is 1.29. The minimum atomic E-state index is -0.370. The summed E-state index contributed by atoms with van der Waals surface area (Å²) in [5.41, 5.74) is 7.28. The number of hydrogen-bond acceptors (Lipinski definition) is 6. The van der Waals surface area contributed by atoms with Gasteiger partial charge in [0.2, 0.25) is 0 Å². The molecule has 2 unspecified atom stereocenters. The number of halogens is 1. The van der Waals surface area contributed by atoms with Crippen LogP contribution in [0.3, 0.4) is 0 Å². The maximum absolute atomic E-state index is 14.7. The van der Waals surface area contributed by atoms with Crippen molar-refractivity contribution in [3.63, 3.8) is 0 Å². The summed E-state index contributed by atoms with van der Waals surface area (Å²) in [4.78, 5) is 24.8. The summed E-state index contributed by atoms with van der Waals surface area (Å²) in [5, 5.41) is 4.48. The van der Waals surface area contributed by atoms with E-state index < -0.39 is 0 Å². The van der Waals surface area contributed by atoms with Crippen LogP contribution in [0.1, 0.15) is 74.1 Å². The molecule has 2 atom stereocenters. The second-order valence-corrected chi connectivity index (χ2v) is 12.5. The van der Waals surface area contributed by atoms with Crippen molar-refractivity contribution in [3.8, 4) is 11.4 Å². The quantitative estimate of drug-likeness (QED) is 0.314. The van der Waals surface area contributed by atoms with E-state index in [-0.39, 0.29) is 22.8 Å². The summed E-state index contributed by atoms with van der Waals surface area (Å²) in [6.07, 6.45) is 13.2. The number of aliphatic imine (C=N–C) groups is 1. The third-order valence-electron chi connectivity index (χ3n) is 9.07. The lowest BCUT2D eigenvalue weighted by atomic mass is 9.78. The molecular formula is C33H36FN7. The van der Waals surface area contributed by atoms with E-state index in [1.807, 2.05) is 18.3 Å². The van der Waals surface area contributed by atoms with Crippen LogP contribution in [-0.2, 0) is 0 Å². The summed E-state index contributed by atoms with van der Waals surface area (Å²) < 4.78 is 14.7. The van der Waals surface area contributed by atoms with Crippen molar-refractivity contribution >= 4 is 22.6 Å². The maximum Gasteiger partial charge on any atom is 0.150 e. The van der Waals surface area contributed by atoms with Gasteiger partial charge in [0, 0.05) is 66.9 Å². The highest BCUT2D eigenvalue weighted by molar-refractivity contribution is 6.07. The van der Waals surface area contributed by atoms with E-state index in [1.165, 1.54) is 35.6 Å². The van der Waals surface area contributed by atoms with Gasteiger partial charge in [0.15, 0.2) is 5.82 Å². The van der Waals surface area contributed by atoms with Crippen LogP contribution in [0, 0.1) is 11.2 Å². The summed E-state index contributed by atoms with van der Waals surface area (Å²) in [7, 11) is 2.21. The van der Waals surface area contributed by atoms with Gasteiger partial charge in [-0.15, -0.1) is 0 Å². The van der Waals surface area contributed by atoms with Gasteiger partial charge in [-0.2, -0.15) is 0 Å². The van der Waals surface area contributed by atoms with Gasteiger partial charge in [0.05, 0.1) is 11.4 Å². The number of hydrogen-bond donors (Lipinski definition) is 2. The van der Waals surface area contributed by atoms with E-state index in [2.05, 4.69) is 65.3 Å². The average Bonchev–Trinajstić information content (AvgIpc) is 3.74. The lowest BCUT2D eigenvalue weighted by Gasteiger charge is -2.45. The fourth-order valence-corrected chi connectivity index (χ4v) is 6.73. The van der Waals surface area contributed by atoms with Crippen LogP contribution in [0.25, 0.3) is 28.1 Å². The number of aromatic amines is 1. The number of amidine groups is 1. The number of nitrogens with zero attached hydrogens (tertiary/aromatic N) is 5. The van der Waals surface area contributed by atoms with E-state index in [9.17, 15) is 4.39 Å². The van der Waals surface area contributed by atoms with Crippen molar-refractivity contribution in [1.29, 1.82) is 0 Å². The number of allylic oxidation sites excluding steroid dienone is 1. The number of fused-ring (bicyclic) bond motifs is 2. The molecule has 8 heteroatoms. The van der Waals surface area contributed by atoms with Crippen LogP contribution in [0.15, 0.2) is 60.1 Å². The van der Waals surface area contributed by atoms with Gasteiger partial charge >= 0.3 is 0 Å². The Morgan fingerprint density at radius 1 is 1.05 bits per heavy atom. The van der Waals surface area contributed by atoms with Gasteiger partial charge in [0.1, 0.15) is 17.2 Å². The Kier molecular flexibility index (Phi) is 6.27. The second kappa shape index (κ2) is 9.87. The number of H-pyrrole nitrogens is 1. The molecule has 0 radical (unpaired) electrons. The zero-order valence-electron chi connectivity index (χ0n) is 24.1. The smallest absolute Gasteiger partial charge is 0.150 e. The largest absolute Gasteiger partial charge is 0.356 e. The van der Waals surface area contributed by atoms with Crippen molar-refractivity contribution in [2.75, 3.05) is 20.1 Å².